The van der Waals surface area contributed by atoms with E-state index >= 15 is 0 Å². The second-order valence-corrected chi connectivity index (χ2v) is 8.21. The summed E-state index contributed by atoms with van der Waals surface area (Å²) in [5.41, 5.74) is 0.510. The first-order valence-corrected chi connectivity index (χ1v) is 10.2. The summed E-state index contributed by atoms with van der Waals surface area (Å²) < 4.78 is 1.75. The lowest BCUT2D eigenvalue weighted by Gasteiger charge is -2.27. The minimum absolute atomic E-state index is 0.142. The molecule has 0 aromatic carbocycles. The minimum Gasteiger partial charge on any atom is -0.323 e. The van der Waals surface area contributed by atoms with Crippen molar-refractivity contribution in [2.45, 2.75) is 39.2 Å². The fourth-order valence-electron chi connectivity index (χ4n) is 4.14. The van der Waals surface area contributed by atoms with E-state index in [1.54, 1.807) is 41.6 Å². The van der Waals surface area contributed by atoms with E-state index in [0.717, 1.165) is 0 Å². The number of nitrogens with one attached hydrogen (secondary N) is 1. The summed E-state index contributed by atoms with van der Waals surface area (Å²) >= 11 is 0. The number of carbonyl (C=O) groups excluding carboxylic acids is 3. The van der Waals surface area contributed by atoms with Crippen LogP contribution in [0.5, 0.6) is 0 Å². The highest BCUT2D eigenvalue weighted by Crippen LogP contribution is 2.37. The normalized spacial score (nSPS) is 21.8. The van der Waals surface area contributed by atoms with Crippen molar-refractivity contribution in [1.29, 1.82) is 0 Å². The third-order valence-corrected chi connectivity index (χ3v) is 5.64. The first-order valence-electron chi connectivity index (χ1n) is 10.2. The smallest absolute Gasteiger partial charge is 0.247 e. The largest absolute Gasteiger partial charge is 0.323 e. The van der Waals surface area contributed by atoms with Gasteiger partial charge in [-0.1, -0.05) is 26.0 Å². The Morgan fingerprint density at radius 2 is 1.87 bits per heavy atom. The summed E-state index contributed by atoms with van der Waals surface area (Å²) in [6.45, 7) is 3.95. The molecular formula is C22H25N5O3. The van der Waals surface area contributed by atoms with Crippen molar-refractivity contribution < 1.29 is 14.4 Å². The first-order chi connectivity index (χ1) is 14.5. The number of imide groups is 1. The molecule has 156 valence electrons. The molecule has 3 heterocycles. The SMILES string of the molecule is CC(C)CC(C(=O)Nc1ccc(-n2ccnc2)nc1)N1C(=O)C2CC=CCC2C1=O. The number of anilines is 1. The lowest BCUT2D eigenvalue weighted by Crippen LogP contribution is -2.48. The second kappa shape index (κ2) is 8.22. The summed E-state index contributed by atoms with van der Waals surface area (Å²) in [6.07, 6.45) is 12.0. The van der Waals surface area contributed by atoms with Crippen LogP contribution < -0.4 is 5.32 Å². The van der Waals surface area contributed by atoms with Gasteiger partial charge in [-0.3, -0.25) is 23.9 Å². The molecule has 2 aromatic rings. The quantitative estimate of drug-likeness (QED) is 0.586. The highest BCUT2D eigenvalue weighted by Gasteiger charge is 2.51. The van der Waals surface area contributed by atoms with Crippen molar-refractivity contribution in [2.24, 2.45) is 17.8 Å². The topological polar surface area (TPSA) is 97.2 Å². The molecule has 1 aliphatic heterocycles. The zero-order chi connectivity index (χ0) is 21.3. The van der Waals surface area contributed by atoms with Crippen LogP contribution in [0.1, 0.15) is 33.1 Å². The maximum Gasteiger partial charge on any atom is 0.247 e. The number of hydrogen-bond acceptors (Lipinski definition) is 5. The van der Waals surface area contributed by atoms with Crippen molar-refractivity contribution in [2.75, 3.05) is 5.32 Å². The molecule has 3 atom stereocenters. The van der Waals surface area contributed by atoms with Gasteiger partial charge in [0, 0.05) is 12.4 Å². The zero-order valence-corrected chi connectivity index (χ0v) is 17.1. The molecule has 4 rings (SSSR count). The predicted molar refractivity (Wildman–Crippen MR) is 110 cm³/mol. The molecule has 8 heteroatoms. The molecule has 2 aliphatic rings. The third kappa shape index (κ3) is 3.77. The van der Waals surface area contributed by atoms with Crippen molar-refractivity contribution in [3.63, 3.8) is 0 Å². The number of hydrogen-bond donors (Lipinski definition) is 1. The molecule has 1 saturated heterocycles. The van der Waals surface area contributed by atoms with Crippen LogP contribution in [0.25, 0.3) is 5.82 Å². The van der Waals surface area contributed by atoms with Crippen LogP contribution >= 0.6 is 0 Å². The van der Waals surface area contributed by atoms with Crippen LogP contribution in [0.4, 0.5) is 5.69 Å². The molecule has 3 unspecified atom stereocenters. The Labute approximate surface area is 175 Å². The molecule has 2 aromatic heterocycles. The van der Waals surface area contributed by atoms with Gasteiger partial charge in [0.2, 0.25) is 17.7 Å². The van der Waals surface area contributed by atoms with E-state index in [2.05, 4.69) is 15.3 Å². The molecule has 1 N–H and O–H groups in total. The van der Waals surface area contributed by atoms with Gasteiger partial charge in [0.25, 0.3) is 0 Å². The van der Waals surface area contributed by atoms with E-state index in [4.69, 9.17) is 0 Å². The highest BCUT2D eigenvalue weighted by molar-refractivity contribution is 6.10. The molecule has 1 fully saturated rings. The molecule has 1 aliphatic carbocycles. The Hall–Kier alpha value is -3.29. The lowest BCUT2D eigenvalue weighted by molar-refractivity contribution is -0.147. The second-order valence-electron chi connectivity index (χ2n) is 8.21. The summed E-state index contributed by atoms with van der Waals surface area (Å²) in [7, 11) is 0. The van der Waals surface area contributed by atoms with E-state index in [0.29, 0.717) is 30.8 Å². The van der Waals surface area contributed by atoms with Crippen LogP contribution in [-0.4, -0.2) is 43.2 Å². The minimum atomic E-state index is -0.830. The molecule has 3 amide bonds. The summed E-state index contributed by atoms with van der Waals surface area (Å²) in [5, 5.41) is 2.83. The predicted octanol–water partition coefficient (Wildman–Crippen LogP) is 2.57. The first kappa shape index (κ1) is 20.0. The maximum absolute atomic E-state index is 13.1. The summed E-state index contributed by atoms with van der Waals surface area (Å²) in [4.78, 5) is 48.6. The Bertz CT molecular complexity index is 939. The van der Waals surface area contributed by atoms with Crippen LogP contribution in [0.2, 0.25) is 0 Å². The fraction of sp³-hybridized carbons (Fsp3) is 0.409. The molecule has 0 spiro atoms. The van der Waals surface area contributed by atoms with Gasteiger partial charge >= 0.3 is 0 Å². The molecule has 8 nitrogen and oxygen atoms in total. The Kier molecular flexibility index (Phi) is 5.48. The Morgan fingerprint density at radius 3 is 2.40 bits per heavy atom. The van der Waals surface area contributed by atoms with Crippen molar-refractivity contribution in [3.8, 4) is 5.82 Å². The van der Waals surface area contributed by atoms with Gasteiger partial charge in [-0.05, 0) is 37.3 Å². The number of imidazole rings is 1. The molecule has 0 bridgehead atoms. The number of carbonyl (C=O) groups is 3. The van der Waals surface area contributed by atoms with Gasteiger partial charge in [0.1, 0.15) is 18.2 Å². The van der Waals surface area contributed by atoms with Gasteiger partial charge in [0.05, 0.1) is 23.7 Å². The summed E-state index contributed by atoms with van der Waals surface area (Å²) in [6, 6.07) is 2.68. The average Bonchev–Trinajstić information content (AvgIpc) is 3.35. The van der Waals surface area contributed by atoms with E-state index < -0.39 is 6.04 Å². The van der Waals surface area contributed by atoms with E-state index in [1.165, 1.54) is 4.90 Å². The van der Waals surface area contributed by atoms with Gasteiger partial charge < -0.3 is 5.32 Å². The Balaban J connectivity index is 1.53. The van der Waals surface area contributed by atoms with Crippen LogP contribution in [-0.2, 0) is 14.4 Å². The molecular weight excluding hydrogens is 382 g/mol. The van der Waals surface area contributed by atoms with E-state index in [9.17, 15) is 14.4 Å². The van der Waals surface area contributed by atoms with E-state index in [-0.39, 0.29) is 35.5 Å². The number of allylic oxidation sites excluding steroid dienone is 2. The fourth-order valence-corrected chi connectivity index (χ4v) is 4.14. The maximum atomic E-state index is 13.1. The number of fused-ring (bicyclic) bond motifs is 1. The number of nitrogens with zero attached hydrogens (tertiary/aromatic N) is 4. The number of amides is 3. The Morgan fingerprint density at radius 1 is 1.17 bits per heavy atom. The lowest BCUT2D eigenvalue weighted by atomic mass is 9.85. The van der Waals surface area contributed by atoms with Crippen molar-refractivity contribution in [1.82, 2.24) is 19.4 Å². The van der Waals surface area contributed by atoms with E-state index in [1.807, 2.05) is 26.0 Å². The number of aromatic nitrogens is 3. The van der Waals surface area contributed by atoms with Crippen LogP contribution in [0.15, 0.2) is 49.2 Å². The standard InChI is InChI=1S/C22H25N5O3/c1-14(2)11-18(27-21(29)16-5-3-4-6-17(16)22(27)30)20(28)25-15-7-8-19(24-12-15)26-10-9-23-13-26/h3-4,7-10,12-14,16-18H,5-6,11H2,1-2H3,(H,25,28). The average molecular weight is 407 g/mol. The van der Waals surface area contributed by atoms with Gasteiger partial charge in [-0.15, -0.1) is 0 Å². The number of pyridine rings is 1. The molecule has 0 radical (unpaired) electrons. The van der Waals surface area contributed by atoms with Gasteiger partial charge in [-0.2, -0.15) is 0 Å². The zero-order valence-electron chi connectivity index (χ0n) is 17.1. The highest BCUT2D eigenvalue weighted by atomic mass is 16.2. The van der Waals surface area contributed by atoms with Crippen LogP contribution in [0, 0.1) is 17.8 Å². The van der Waals surface area contributed by atoms with Gasteiger partial charge in [0.15, 0.2) is 0 Å². The number of rotatable bonds is 6. The van der Waals surface area contributed by atoms with Crippen molar-refractivity contribution in [3.05, 3.63) is 49.2 Å². The monoisotopic (exact) mass is 407 g/mol. The molecule has 30 heavy (non-hydrogen) atoms. The third-order valence-electron chi connectivity index (χ3n) is 5.64. The number of likely N-dealkylation sites (tertiary alicyclic amines) is 1. The van der Waals surface area contributed by atoms with Gasteiger partial charge in [-0.25, -0.2) is 9.97 Å². The summed E-state index contributed by atoms with van der Waals surface area (Å²) in [5.74, 6) is -0.710. The van der Waals surface area contributed by atoms with Crippen molar-refractivity contribution >= 4 is 23.4 Å². The van der Waals surface area contributed by atoms with Crippen LogP contribution in [0.3, 0.4) is 0 Å². The molecule has 0 saturated carbocycles.